The van der Waals surface area contributed by atoms with Crippen molar-refractivity contribution in [2.24, 2.45) is 5.92 Å². The summed E-state index contributed by atoms with van der Waals surface area (Å²) in [4.78, 5) is 23.2. The molecule has 0 saturated heterocycles. The Balaban J connectivity index is 1.96. The Kier molecular flexibility index (Phi) is 5.01. The van der Waals surface area contributed by atoms with Crippen molar-refractivity contribution in [3.8, 4) is 0 Å². The molecular formula is C15H18INO3. The highest BCUT2D eigenvalue weighted by atomic mass is 127. The minimum Gasteiger partial charge on any atom is -0.481 e. The van der Waals surface area contributed by atoms with Crippen LogP contribution < -0.4 is 5.32 Å². The third-order valence-corrected chi connectivity index (χ3v) is 5.09. The lowest BCUT2D eigenvalue weighted by Crippen LogP contribution is -2.39. The summed E-state index contributed by atoms with van der Waals surface area (Å²) in [6.45, 7) is 1.94. The van der Waals surface area contributed by atoms with Crippen LogP contribution in [-0.4, -0.2) is 23.0 Å². The van der Waals surface area contributed by atoms with Crippen LogP contribution in [0.4, 0.5) is 0 Å². The lowest BCUT2D eigenvalue weighted by molar-refractivity contribution is -0.142. The largest absolute Gasteiger partial charge is 0.481 e. The molecule has 1 aliphatic rings. The summed E-state index contributed by atoms with van der Waals surface area (Å²) in [6, 6.07) is 5.78. The van der Waals surface area contributed by atoms with Gasteiger partial charge in [-0.15, -0.1) is 0 Å². The summed E-state index contributed by atoms with van der Waals surface area (Å²) in [7, 11) is 0. The van der Waals surface area contributed by atoms with Gasteiger partial charge in [0.05, 0.1) is 5.92 Å². The minimum atomic E-state index is -0.719. The fourth-order valence-electron chi connectivity index (χ4n) is 2.60. The molecular weight excluding hydrogens is 369 g/mol. The summed E-state index contributed by atoms with van der Waals surface area (Å²) >= 11 is 2.22. The molecule has 0 unspecified atom stereocenters. The zero-order valence-electron chi connectivity index (χ0n) is 11.4. The number of rotatable bonds is 3. The predicted molar refractivity (Wildman–Crippen MR) is 84.7 cm³/mol. The van der Waals surface area contributed by atoms with Crippen LogP contribution in [0.15, 0.2) is 18.2 Å². The number of hydrogen-bond acceptors (Lipinski definition) is 2. The number of aliphatic carboxylic acids is 1. The molecule has 0 radical (unpaired) electrons. The van der Waals surface area contributed by atoms with E-state index in [0.29, 0.717) is 18.4 Å². The molecule has 1 aliphatic carbocycles. The predicted octanol–water partition coefficient (Wildman–Crippen LogP) is 2.97. The number of carboxylic acid groups (broad SMARTS) is 1. The normalized spacial score (nSPS) is 22.3. The van der Waals surface area contributed by atoms with E-state index in [-0.39, 0.29) is 17.9 Å². The molecule has 1 fully saturated rings. The fourth-order valence-corrected chi connectivity index (χ4v) is 3.10. The van der Waals surface area contributed by atoms with Gasteiger partial charge in [0, 0.05) is 15.2 Å². The van der Waals surface area contributed by atoms with Crippen LogP contribution in [0, 0.1) is 16.4 Å². The maximum absolute atomic E-state index is 12.3. The first kappa shape index (κ1) is 15.3. The van der Waals surface area contributed by atoms with E-state index < -0.39 is 5.97 Å². The van der Waals surface area contributed by atoms with E-state index in [2.05, 4.69) is 27.9 Å². The van der Waals surface area contributed by atoms with Gasteiger partial charge in [0.2, 0.25) is 0 Å². The molecule has 0 aliphatic heterocycles. The van der Waals surface area contributed by atoms with Crippen molar-refractivity contribution in [3.63, 3.8) is 0 Å². The molecule has 1 aromatic rings. The molecule has 0 bridgehead atoms. The van der Waals surface area contributed by atoms with Crippen molar-refractivity contribution in [3.05, 3.63) is 32.9 Å². The van der Waals surface area contributed by atoms with Gasteiger partial charge in [-0.25, -0.2) is 0 Å². The minimum absolute atomic E-state index is 0.0557. The molecule has 20 heavy (non-hydrogen) atoms. The van der Waals surface area contributed by atoms with E-state index in [1.807, 2.05) is 25.1 Å². The Labute approximate surface area is 132 Å². The first-order chi connectivity index (χ1) is 9.49. The van der Waals surface area contributed by atoms with Gasteiger partial charge in [0.15, 0.2) is 0 Å². The molecule has 0 atom stereocenters. The summed E-state index contributed by atoms with van der Waals surface area (Å²) in [5, 5.41) is 12.0. The average Bonchev–Trinajstić information content (AvgIpc) is 2.42. The van der Waals surface area contributed by atoms with Gasteiger partial charge >= 0.3 is 5.97 Å². The maximum Gasteiger partial charge on any atom is 0.306 e. The second kappa shape index (κ2) is 6.56. The van der Waals surface area contributed by atoms with E-state index in [4.69, 9.17) is 5.11 Å². The summed E-state index contributed by atoms with van der Waals surface area (Å²) in [5.41, 5.74) is 1.70. The molecule has 0 aromatic heterocycles. The van der Waals surface area contributed by atoms with Crippen LogP contribution in [0.25, 0.3) is 0 Å². The van der Waals surface area contributed by atoms with Crippen LogP contribution in [0.5, 0.6) is 0 Å². The number of carboxylic acids is 1. The van der Waals surface area contributed by atoms with Gasteiger partial charge in [-0.3, -0.25) is 9.59 Å². The second-order valence-corrected chi connectivity index (χ2v) is 6.43. The number of carbonyl (C=O) groups excluding carboxylic acids is 1. The van der Waals surface area contributed by atoms with E-state index in [0.717, 1.165) is 22.0 Å². The standard InChI is InChI=1S/C15H18INO3/c1-9-12(3-2-4-13(9)16)14(18)17-11-7-5-10(6-8-11)15(19)20/h2-4,10-11H,5-8H2,1H3,(H,17,18)(H,19,20). The van der Waals surface area contributed by atoms with Crippen molar-refractivity contribution in [2.45, 2.75) is 38.6 Å². The zero-order valence-corrected chi connectivity index (χ0v) is 13.5. The molecule has 4 nitrogen and oxygen atoms in total. The quantitative estimate of drug-likeness (QED) is 0.784. The molecule has 1 aromatic carbocycles. The molecule has 108 valence electrons. The van der Waals surface area contributed by atoms with Crippen LogP contribution in [-0.2, 0) is 4.79 Å². The molecule has 5 heteroatoms. The third-order valence-electron chi connectivity index (χ3n) is 3.92. The monoisotopic (exact) mass is 387 g/mol. The van der Waals surface area contributed by atoms with Crippen molar-refractivity contribution in [1.29, 1.82) is 0 Å². The number of benzene rings is 1. The molecule has 2 rings (SSSR count). The third kappa shape index (κ3) is 3.50. The molecule has 1 amide bonds. The lowest BCUT2D eigenvalue weighted by atomic mass is 9.86. The summed E-state index contributed by atoms with van der Waals surface area (Å²) in [5.74, 6) is -1.02. The Morgan fingerprint density at radius 1 is 1.25 bits per heavy atom. The Morgan fingerprint density at radius 3 is 2.50 bits per heavy atom. The second-order valence-electron chi connectivity index (χ2n) is 5.27. The van der Waals surface area contributed by atoms with Crippen molar-refractivity contribution in [2.75, 3.05) is 0 Å². The lowest BCUT2D eigenvalue weighted by Gasteiger charge is -2.27. The summed E-state index contributed by atoms with van der Waals surface area (Å²) < 4.78 is 1.07. The maximum atomic E-state index is 12.3. The molecule has 2 N–H and O–H groups in total. The average molecular weight is 387 g/mol. The van der Waals surface area contributed by atoms with E-state index in [1.165, 1.54) is 0 Å². The summed E-state index contributed by atoms with van der Waals surface area (Å²) in [6.07, 6.45) is 2.77. The van der Waals surface area contributed by atoms with Crippen LogP contribution in [0.3, 0.4) is 0 Å². The number of carbonyl (C=O) groups is 2. The first-order valence-electron chi connectivity index (χ1n) is 6.78. The first-order valence-corrected chi connectivity index (χ1v) is 7.85. The number of nitrogens with one attached hydrogen (secondary N) is 1. The molecule has 0 spiro atoms. The molecule has 0 heterocycles. The Hall–Kier alpha value is -1.11. The van der Waals surface area contributed by atoms with Crippen molar-refractivity contribution < 1.29 is 14.7 Å². The Morgan fingerprint density at radius 2 is 1.90 bits per heavy atom. The highest BCUT2D eigenvalue weighted by Crippen LogP contribution is 2.25. The van der Waals surface area contributed by atoms with Gasteiger partial charge in [-0.05, 0) is 72.9 Å². The number of halogens is 1. The van der Waals surface area contributed by atoms with Gasteiger partial charge in [-0.2, -0.15) is 0 Å². The fraction of sp³-hybridized carbons (Fsp3) is 0.467. The highest BCUT2D eigenvalue weighted by molar-refractivity contribution is 14.1. The van der Waals surface area contributed by atoms with Gasteiger partial charge in [0.1, 0.15) is 0 Å². The molecule has 1 saturated carbocycles. The SMILES string of the molecule is Cc1c(I)cccc1C(=O)NC1CCC(C(=O)O)CC1. The van der Waals surface area contributed by atoms with Crippen LogP contribution >= 0.6 is 22.6 Å². The van der Waals surface area contributed by atoms with Crippen molar-refractivity contribution >= 4 is 34.5 Å². The highest BCUT2D eigenvalue weighted by Gasteiger charge is 2.27. The van der Waals surface area contributed by atoms with Gasteiger partial charge in [-0.1, -0.05) is 6.07 Å². The van der Waals surface area contributed by atoms with Gasteiger partial charge in [0.25, 0.3) is 5.91 Å². The smallest absolute Gasteiger partial charge is 0.306 e. The number of amides is 1. The van der Waals surface area contributed by atoms with E-state index >= 15 is 0 Å². The topological polar surface area (TPSA) is 66.4 Å². The van der Waals surface area contributed by atoms with Crippen molar-refractivity contribution in [1.82, 2.24) is 5.32 Å². The zero-order chi connectivity index (χ0) is 14.7. The van der Waals surface area contributed by atoms with Crippen LogP contribution in [0.2, 0.25) is 0 Å². The van der Waals surface area contributed by atoms with E-state index in [9.17, 15) is 9.59 Å². The Bertz CT molecular complexity index is 522. The van der Waals surface area contributed by atoms with Crippen LogP contribution in [0.1, 0.15) is 41.6 Å². The van der Waals surface area contributed by atoms with E-state index in [1.54, 1.807) is 0 Å². The van der Waals surface area contributed by atoms with Gasteiger partial charge < -0.3 is 10.4 Å². The number of hydrogen-bond donors (Lipinski definition) is 2.